The first kappa shape index (κ1) is 14.5. The Labute approximate surface area is 129 Å². The molecule has 0 aromatic carbocycles. The quantitative estimate of drug-likeness (QED) is 0.867. The van der Waals surface area contributed by atoms with Gasteiger partial charge in [0.15, 0.2) is 10.4 Å². The van der Waals surface area contributed by atoms with Crippen LogP contribution in [-0.4, -0.2) is 26.6 Å². The third-order valence-corrected chi connectivity index (χ3v) is 4.84. The standard InChI is InChI=1S/C15H22N4OS/c1-3-4-10-5-7-11(8-6-10)19-13-12(18-15(19)21)14(20-2)17-9-16-13/h9-11H,3-8H2,1-2H3,(H,18,21). The monoisotopic (exact) mass is 306 g/mol. The molecule has 0 aliphatic heterocycles. The normalized spacial score (nSPS) is 22.6. The Bertz CT molecular complexity index is 670. The zero-order chi connectivity index (χ0) is 14.8. The van der Waals surface area contributed by atoms with Gasteiger partial charge in [0.05, 0.1) is 7.11 Å². The fourth-order valence-corrected chi connectivity index (χ4v) is 3.85. The fourth-order valence-electron chi connectivity index (χ4n) is 3.51. The minimum atomic E-state index is 0.443. The topological polar surface area (TPSA) is 55.7 Å². The first-order valence-electron chi connectivity index (χ1n) is 7.73. The molecule has 2 aromatic rings. The summed E-state index contributed by atoms with van der Waals surface area (Å²) in [6, 6.07) is 0.443. The minimum Gasteiger partial charge on any atom is -0.479 e. The highest BCUT2D eigenvalue weighted by molar-refractivity contribution is 7.71. The van der Waals surface area contributed by atoms with Crippen molar-refractivity contribution < 1.29 is 4.74 Å². The van der Waals surface area contributed by atoms with Gasteiger partial charge in [-0.3, -0.25) is 4.57 Å². The van der Waals surface area contributed by atoms with Crippen LogP contribution in [0, 0.1) is 10.7 Å². The molecule has 1 aliphatic rings. The molecule has 0 atom stereocenters. The van der Waals surface area contributed by atoms with E-state index >= 15 is 0 Å². The fraction of sp³-hybridized carbons (Fsp3) is 0.667. The average Bonchev–Trinajstić information content (AvgIpc) is 2.84. The molecule has 0 spiro atoms. The van der Waals surface area contributed by atoms with Crippen LogP contribution in [-0.2, 0) is 0 Å². The van der Waals surface area contributed by atoms with Crippen LogP contribution in [0.25, 0.3) is 11.2 Å². The molecule has 0 saturated heterocycles. The van der Waals surface area contributed by atoms with Crippen molar-refractivity contribution in [2.45, 2.75) is 51.5 Å². The minimum absolute atomic E-state index is 0.443. The molecule has 0 radical (unpaired) electrons. The molecule has 3 rings (SSSR count). The van der Waals surface area contributed by atoms with Gasteiger partial charge in [-0.05, 0) is 43.8 Å². The number of nitrogens with one attached hydrogen (secondary N) is 1. The highest BCUT2D eigenvalue weighted by Crippen LogP contribution is 2.36. The van der Waals surface area contributed by atoms with Crippen molar-refractivity contribution >= 4 is 23.4 Å². The van der Waals surface area contributed by atoms with Gasteiger partial charge in [-0.1, -0.05) is 19.8 Å². The summed E-state index contributed by atoms with van der Waals surface area (Å²) in [6.07, 6.45) is 9.11. The Kier molecular flexibility index (Phi) is 4.24. The Balaban J connectivity index is 1.91. The lowest BCUT2D eigenvalue weighted by atomic mass is 9.83. The Morgan fingerprint density at radius 1 is 1.33 bits per heavy atom. The highest BCUT2D eigenvalue weighted by Gasteiger charge is 2.24. The van der Waals surface area contributed by atoms with E-state index in [4.69, 9.17) is 17.0 Å². The van der Waals surface area contributed by atoms with Crippen molar-refractivity contribution in [1.82, 2.24) is 19.5 Å². The second-order valence-corrected chi connectivity index (χ2v) is 6.23. The largest absolute Gasteiger partial charge is 0.479 e. The number of rotatable bonds is 4. The zero-order valence-corrected chi connectivity index (χ0v) is 13.4. The SMILES string of the molecule is CCCC1CCC(n2c(=S)[nH]c3c(OC)ncnc32)CC1. The van der Waals surface area contributed by atoms with Gasteiger partial charge in [-0.2, -0.15) is 4.98 Å². The number of fused-ring (bicyclic) bond motifs is 1. The molecular weight excluding hydrogens is 284 g/mol. The van der Waals surface area contributed by atoms with Gasteiger partial charge >= 0.3 is 0 Å². The summed E-state index contributed by atoms with van der Waals surface area (Å²) in [5, 5.41) is 0. The third-order valence-electron chi connectivity index (χ3n) is 4.54. The maximum atomic E-state index is 5.51. The third kappa shape index (κ3) is 2.69. The molecule has 0 unspecified atom stereocenters. The molecule has 114 valence electrons. The van der Waals surface area contributed by atoms with Crippen molar-refractivity contribution in [1.29, 1.82) is 0 Å². The predicted octanol–water partition coefficient (Wildman–Crippen LogP) is 4.03. The number of aromatic amines is 1. The van der Waals surface area contributed by atoms with Crippen LogP contribution in [0.3, 0.4) is 0 Å². The molecule has 6 heteroatoms. The number of methoxy groups -OCH3 is 1. The summed E-state index contributed by atoms with van der Waals surface area (Å²) < 4.78 is 8.18. The molecule has 1 N–H and O–H groups in total. The molecule has 1 aliphatic carbocycles. The maximum absolute atomic E-state index is 5.51. The number of imidazole rings is 1. The van der Waals surface area contributed by atoms with Crippen LogP contribution in [0.5, 0.6) is 5.88 Å². The van der Waals surface area contributed by atoms with Gasteiger partial charge in [-0.25, -0.2) is 4.98 Å². The van der Waals surface area contributed by atoms with Crippen LogP contribution in [0.4, 0.5) is 0 Å². The van der Waals surface area contributed by atoms with Crippen molar-refractivity contribution in [2.24, 2.45) is 5.92 Å². The summed E-state index contributed by atoms with van der Waals surface area (Å²) in [7, 11) is 1.62. The van der Waals surface area contributed by atoms with E-state index in [0.29, 0.717) is 11.9 Å². The van der Waals surface area contributed by atoms with E-state index in [-0.39, 0.29) is 0 Å². The van der Waals surface area contributed by atoms with E-state index in [2.05, 4.69) is 26.4 Å². The van der Waals surface area contributed by atoms with Gasteiger partial charge in [0, 0.05) is 6.04 Å². The van der Waals surface area contributed by atoms with Crippen molar-refractivity contribution in [3.8, 4) is 5.88 Å². The van der Waals surface area contributed by atoms with Crippen molar-refractivity contribution in [3.63, 3.8) is 0 Å². The van der Waals surface area contributed by atoms with Gasteiger partial charge in [0.2, 0.25) is 5.88 Å². The van der Waals surface area contributed by atoms with Gasteiger partial charge in [0.1, 0.15) is 11.8 Å². The van der Waals surface area contributed by atoms with E-state index in [9.17, 15) is 0 Å². The van der Waals surface area contributed by atoms with E-state index in [1.54, 1.807) is 13.4 Å². The van der Waals surface area contributed by atoms with Crippen LogP contribution in [0.1, 0.15) is 51.5 Å². The smallest absolute Gasteiger partial charge is 0.242 e. The lowest BCUT2D eigenvalue weighted by Crippen LogP contribution is -2.18. The van der Waals surface area contributed by atoms with Crippen LogP contribution < -0.4 is 4.74 Å². The number of hydrogen-bond acceptors (Lipinski definition) is 4. The molecule has 0 amide bonds. The van der Waals surface area contributed by atoms with Crippen molar-refractivity contribution in [2.75, 3.05) is 7.11 Å². The first-order valence-corrected chi connectivity index (χ1v) is 8.14. The van der Waals surface area contributed by atoms with E-state index < -0.39 is 0 Å². The van der Waals surface area contributed by atoms with Crippen LogP contribution in [0.15, 0.2) is 6.33 Å². The number of ether oxygens (including phenoxy) is 1. The Morgan fingerprint density at radius 3 is 2.76 bits per heavy atom. The molecule has 1 saturated carbocycles. The number of aromatic nitrogens is 4. The lowest BCUT2D eigenvalue weighted by Gasteiger charge is -2.29. The maximum Gasteiger partial charge on any atom is 0.242 e. The summed E-state index contributed by atoms with van der Waals surface area (Å²) in [5.41, 5.74) is 1.67. The van der Waals surface area contributed by atoms with Crippen molar-refractivity contribution in [3.05, 3.63) is 11.1 Å². The molecule has 0 bridgehead atoms. The summed E-state index contributed by atoms with van der Waals surface area (Å²) in [5.74, 6) is 1.44. The van der Waals surface area contributed by atoms with Crippen LogP contribution in [0.2, 0.25) is 0 Å². The highest BCUT2D eigenvalue weighted by atomic mass is 32.1. The van der Waals surface area contributed by atoms with Gasteiger partial charge < -0.3 is 9.72 Å². The summed E-state index contributed by atoms with van der Waals surface area (Å²) in [4.78, 5) is 11.8. The average molecular weight is 306 g/mol. The molecule has 5 nitrogen and oxygen atoms in total. The van der Waals surface area contributed by atoms with E-state index in [0.717, 1.165) is 21.9 Å². The summed E-state index contributed by atoms with van der Waals surface area (Å²) >= 11 is 5.51. The van der Waals surface area contributed by atoms with Crippen LogP contribution >= 0.6 is 12.2 Å². The Morgan fingerprint density at radius 2 is 2.10 bits per heavy atom. The first-order chi connectivity index (χ1) is 10.2. The molecular formula is C15H22N4OS. The zero-order valence-electron chi connectivity index (χ0n) is 12.6. The second kappa shape index (κ2) is 6.13. The van der Waals surface area contributed by atoms with E-state index in [1.165, 1.54) is 38.5 Å². The Hall–Kier alpha value is -1.43. The number of hydrogen-bond donors (Lipinski definition) is 1. The molecule has 21 heavy (non-hydrogen) atoms. The second-order valence-electron chi connectivity index (χ2n) is 5.84. The van der Waals surface area contributed by atoms with Gasteiger partial charge in [-0.15, -0.1) is 0 Å². The lowest BCUT2D eigenvalue weighted by molar-refractivity contribution is 0.264. The number of H-pyrrole nitrogens is 1. The van der Waals surface area contributed by atoms with E-state index in [1.807, 2.05) is 0 Å². The predicted molar refractivity (Wildman–Crippen MR) is 85.2 cm³/mol. The van der Waals surface area contributed by atoms with Gasteiger partial charge in [0.25, 0.3) is 0 Å². The molecule has 2 heterocycles. The molecule has 2 aromatic heterocycles. The number of nitrogens with zero attached hydrogens (tertiary/aromatic N) is 3. The summed E-state index contributed by atoms with van der Waals surface area (Å²) in [6.45, 7) is 2.27. The molecule has 1 fully saturated rings.